The number of halogens is 6. The van der Waals surface area contributed by atoms with Crippen LogP contribution in [-0.2, 0) is 31.2 Å². The summed E-state index contributed by atoms with van der Waals surface area (Å²) < 4.78 is 93.7. The molecule has 1 atom stereocenters. The molecule has 166 valence electrons. The van der Waals surface area contributed by atoms with Crippen molar-refractivity contribution in [2.75, 3.05) is 49.2 Å². The topological polar surface area (TPSA) is 74.8 Å². The second-order valence-electron chi connectivity index (χ2n) is 8.08. The van der Waals surface area contributed by atoms with Gasteiger partial charge < -0.3 is 9.80 Å². The average Bonchev–Trinajstić information content (AvgIpc) is 2.87. The number of carbonyl (C=O) groups excluding carboxylic acids is 2. The van der Waals surface area contributed by atoms with Gasteiger partial charge in [-0.05, 0) is 6.42 Å². The van der Waals surface area contributed by atoms with Crippen LogP contribution >= 0.6 is 0 Å². The summed E-state index contributed by atoms with van der Waals surface area (Å²) in [5.41, 5.74) is -0.544. The molecule has 4 saturated heterocycles. The molecule has 2 spiro atoms. The van der Waals surface area contributed by atoms with E-state index in [0.717, 1.165) is 9.80 Å². The Morgan fingerprint density at radius 2 is 1.07 bits per heavy atom. The Hall–Kier alpha value is -1.18. The third-order valence-electron chi connectivity index (χ3n) is 5.43. The van der Waals surface area contributed by atoms with Crippen molar-refractivity contribution in [3.8, 4) is 0 Å². The van der Waals surface area contributed by atoms with Gasteiger partial charge in [-0.1, -0.05) is 0 Å². The lowest BCUT2D eigenvalue weighted by molar-refractivity contribution is -0.195. The Bertz CT molecular complexity index is 747. The summed E-state index contributed by atoms with van der Waals surface area (Å²) in [7, 11) is -1.79. The summed E-state index contributed by atoms with van der Waals surface area (Å²) >= 11 is 0. The highest BCUT2D eigenvalue weighted by Gasteiger charge is 2.57. The van der Waals surface area contributed by atoms with E-state index in [4.69, 9.17) is 0 Å². The Morgan fingerprint density at radius 3 is 1.38 bits per heavy atom. The van der Waals surface area contributed by atoms with E-state index >= 15 is 0 Å². The molecule has 6 nitrogen and oxygen atoms in total. The molecular formula is C15H18F6N2O4S2. The molecule has 0 radical (unpaired) electrons. The van der Waals surface area contributed by atoms with E-state index in [1.54, 1.807) is 0 Å². The summed E-state index contributed by atoms with van der Waals surface area (Å²) in [6.45, 7) is 0.433. The van der Waals surface area contributed by atoms with Gasteiger partial charge in [0, 0.05) is 81.6 Å². The van der Waals surface area contributed by atoms with Crippen LogP contribution in [-0.4, -0.2) is 91.6 Å². The maximum absolute atomic E-state index is 12.0. The maximum Gasteiger partial charge on any atom is 0.471 e. The van der Waals surface area contributed by atoms with E-state index in [1.807, 2.05) is 0 Å². The normalized spacial score (nSPS) is 27.6. The Balaban J connectivity index is 0.000000166. The van der Waals surface area contributed by atoms with Crippen molar-refractivity contribution in [3.63, 3.8) is 0 Å². The van der Waals surface area contributed by atoms with Crippen LogP contribution in [0.15, 0.2) is 0 Å². The molecule has 0 saturated carbocycles. The number of rotatable bonds is 0. The molecule has 4 heterocycles. The van der Waals surface area contributed by atoms with Gasteiger partial charge in [-0.2, -0.15) is 26.3 Å². The molecule has 0 aliphatic carbocycles. The monoisotopic (exact) mass is 468 g/mol. The van der Waals surface area contributed by atoms with Gasteiger partial charge in [-0.25, -0.2) is 0 Å². The fourth-order valence-electron chi connectivity index (χ4n) is 4.06. The van der Waals surface area contributed by atoms with E-state index in [-0.39, 0.29) is 37.0 Å². The van der Waals surface area contributed by atoms with Crippen LogP contribution in [0.3, 0.4) is 0 Å². The van der Waals surface area contributed by atoms with Crippen molar-refractivity contribution in [2.45, 2.75) is 18.8 Å². The van der Waals surface area contributed by atoms with Gasteiger partial charge in [0.2, 0.25) is 0 Å². The number of hydrogen-bond donors (Lipinski definition) is 0. The van der Waals surface area contributed by atoms with Gasteiger partial charge in [0.25, 0.3) is 0 Å². The van der Waals surface area contributed by atoms with Gasteiger partial charge in [-0.3, -0.25) is 18.0 Å². The largest absolute Gasteiger partial charge is 0.471 e. The van der Waals surface area contributed by atoms with Gasteiger partial charge >= 0.3 is 24.2 Å². The van der Waals surface area contributed by atoms with Crippen molar-refractivity contribution in [2.24, 2.45) is 10.8 Å². The minimum atomic E-state index is -4.78. The summed E-state index contributed by atoms with van der Waals surface area (Å²) in [6, 6.07) is 0. The molecule has 2 amide bonds. The first-order valence-electron chi connectivity index (χ1n) is 8.57. The number of likely N-dealkylation sites (tertiary alicyclic amines) is 2. The van der Waals surface area contributed by atoms with Crippen molar-refractivity contribution in [1.29, 1.82) is 0 Å². The number of nitrogens with zero attached hydrogens (tertiary/aromatic N) is 2. The average molecular weight is 468 g/mol. The third-order valence-corrected chi connectivity index (χ3v) is 8.89. The molecule has 0 aromatic rings. The highest BCUT2D eigenvalue weighted by atomic mass is 32.2. The number of alkyl halides is 6. The zero-order valence-corrected chi connectivity index (χ0v) is 16.6. The molecule has 0 bridgehead atoms. The van der Waals surface area contributed by atoms with Crippen molar-refractivity contribution < 1.29 is 44.3 Å². The zero-order chi connectivity index (χ0) is 21.8. The molecule has 4 aliphatic rings. The van der Waals surface area contributed by atoms with Gasteiger partial charge in [0.05, 0.1) is 0 Å². The molecule has 14 heteroatoms. The van der Waals surface area contributed by atoms with Crippen LogP contribution in [0, 0.1) is 10.8 Å². The molecule has 29 heavy (non-hydrogen) atoms. The Kier molecular flexibility index (Phi) is 5.59. The predicted octanol–water partition coefficient (Wildman–Crippen LogP) is 0.669. The quantitative estimate of drug-likeness (QED) is 0.490. The molecule has 0 aromatic heterocycles. The Morgan fingerprint density at radius 1 is 0.690 bits per heavy atom. The summed E-state index contributed by atoms with van der Waals surface area (Å²) in [4.78, 5) is 23.0. The Labute approximate surface area is 166 Å². The first kappa shape index (κ1) is 22.5. The number of carbonyl (C=O) groups is 2. The lowest BCUT2D eigenvalue weighted by Crippen LogP contribution is -2.69. The van der Waals surface area contributed by atoms with E-state index in [2.05, 4.69) is 0 Å². The molecule has 4 rings (SSSR count). The minimum Gasteiger partial charge on any atom is -0.334 e. The first-order chi connectivity index (χ1) is 13.1. The lowest BCUT2D eigenvalue weighted by atomic mass is 9.79. The number of amides is 2. The summed E-state index contributed by atoms with van der Waals surface area (Å²) in [5.74, 6) is -1.68. The van der Waals surface area contributed by atoms with Gasteiger partial charge in [0.15, 0.2) is 0 Å². The van der Waals surface area contributed by atoms with E-state index in [9.17, 15) is 44.3 Å². The SMILES string of the molecule is O=C(N1CC2(C1)CS(=O)C2)C(F)(F)F.O=C(N1CC2(CCS(=O)C2)C1)C(F)(F)F. The number of hydrogen-bond acceptors (Lipinski definition) is 4. The van der Waals surface area contributed by atoms with E-state index < -0.39 is 45.8 Å². The van der Waals surface area contributed by atoms with E-state index in [1.165, 1.54) is 0 Å². The smallest absolute Gasteiger partial charge is 0.334 e. The van der Waals surface area contributed by atoms with Crippen molar-refractivity contribution in [3.05, 3.63) is 0 Å². The second kappa shape index (κ2) is 7.20. The molecular weight excluding hydrogens is 450 g/mol. The van der Waals surface area contributed by atoms with Crippen LogP contribution in [0.2, 0.25) is 0 Å². The molecule has 0 N–H and O–H groups in total. The first-order valence-corrected chi connectivity index (χ1v) is 11.5. The molecule has 4 fully saturated rings. The van der Waals surface area contributed by atoms with Crippen LogP contribution < -0.4 is 0 Å². The summed E-state index contributed by atoms with van der Waals surface area (Å²) in [5, 5.41) is 0. The molecule has 1 unspecified atom stereocenters. The van der Waals surface area contributed by atoms with Gasteiger partial charge in [-0.15, -0.1) is 0 Å². The summed E-state index contributed by atoms with van der Waals surface area (Å²) in [6.07, 6.45) is -8.88. The van der Waals surface area contributed by atoms with Crippen LogP contribution in [0.5, 0.6) is 0 Å². The predicted molar refractivity (Wildman–Crippen MR) is 90.5 cm³/mol. The van der Waals surface area contributed by atoms with E-state index in [0.29, 0.717) is 29.4 Å². The standard InChI is InChI=1S/C8H10F3NO2S.C7H8F3NO2S/c9-8(10,11)6(13)12-3-7(4-12)1-2-15(14)5-7;8-7(9,10)5(12)11-1-6(2-11)3-14(13)4-6/h1-5H2;1-4H2. The lowest BCUT2D eigenvalue weighted by Gasteiger charge is -2.54. The highest BCUT2D eigenvalue weighted by molar-refractivity contribution is 7.86. The maximum atomic E-state index is 12.0. The molecule has 0 aromatic carbocycles. The zero-order valence-electron chi connectivity index (χ0n) is 15.0. The van der Waals surface area contributed by atoms with Crippen LogP contribution in [0.1, 0.15) is 6.42 Å². The molecule has 4 aliphatic heterocycles. The van der Waals surface area contributed by atoms with Crippen molar-refractivity contribution in [1.82, 2.24) is 9.80 Å². The third kappa shape index (κ3) is 4.62. The van der Waals surface area contributed by atoms with Crippen LogP contribution in [0.4, 0.5) is 26.3 Å². The minimum absolute atomic E-state index is 0.108. The highest BCUT2D eigenvalue weighted by Crippen LogP contribution is 2.42. The van der Waals surface area contributed by atoms with Gasteiger partial charge in [0.1, 0.15) is 0 Å². The second-order valence-corrected chi connectivity index (χ2v) is 11.1. The fraction of sp³-hybridized carbons (Fsp3) is 0.867. The van der Waals surface area contributed by atoms with Crippen LogP contribution in [0.25, 0.3) is 0 Å². The fourth-order valence-corrected chi connectivity index (χ4v) is 7.52. The van der Waals surface area contributed by atoms with Crippen molar-refractivity contribution >= 4 is 33.4 Å².